The summed E-state index contributed by atoms with van der Waals surface area (Å²) in [6.45, 7) is -5.28. The molecule has 0 N–H and O–H groups in total. The number of methoxy groups -OCH3 is 1. The van der Waals surface area contributed by atoms with Crippen molar-refractivity contribution in [3.63, 3.8) is 0 Å². The molecule has 0 saturated heterocycles. The number of hydrogen-bond donors (Lipinski definition) is 0. The largest absolute Gasteiger partial charge is 0.510 e. The third-order valence-electron chi connectivity index (χ3n) is 1.79. The third kappa shape index (κ3) is 2.44. The van der Waals surface area contributed by atoms with Crippen LogP contribution in [0, 0.1) is 0 Å². The van der Waals surface area contributed by atoms with Crippen LogP contribution in [0.15, 0.2) is 18.2 Å². The second-order valence-electron chi connectivity index (χ2n) is 2.77. The highest BCUT2D eigenvalue weighted by Crippen LogP contribution is 2.20. The number of carbonyl (C=O) groups is 1. The zero-order valence-electron chi connectivity index (χ0n) is 7.64. The number of halogens is 4. The number of ether oxygens (including phenoxy) is 1. The summed E-state index contributed by atoms with van der Waals surface area (Å²) >= 11 is 5.52. The Morgan fingerprint density at radius 1 is 1.40 bits per heavy atom. The second kappa shape index (κ2) is 4.14. The molecule has 0 atom stereocenters. The Hall–Kier alpha value is -1.17. The Kier molecular flexibility index (Phi) is 3.29. The molecule has 15 heavy (non-hydrogen) atoms. The van der Waals surface area contributed by atoms with Gasteiger partial charge in [0.25, 0.3) is 0 Å². The van der Waals surface area contributed by atoms with Crippen molar-refractivity contribution < 1.29 is 22.5 Å². The van der Waals surface area contributed by atoms with Crippen molar-refractivity contribution in [2.75, 3.05) is 7.11 Å². The van der Waals surface area contributed by atoms with Gasteiger partial charge in [-0.15, -0.1) is 0 Å². The van der Waals surface area contributed by atoms with E-state index in [1.165, 1.54) is 6.07 Å². The van der Waals surface area contributed by atoms with Crippen molar-refractivity contribution in [1.29, 1.82) is 0 Å². The molecule has 1 aromatic carbocycles. The van der Waals surface area contributed by atoms with E-state index in [0.717, 1.165) is 19.2 Å². The minimum absolute atomic E-state index is 0.265. The molecule has 0 aliphatic heterocycles. The quantitative estimate of drug-likeness (QED) is 0.582. The van der Waals surface area contributed by atoms with Gasteiger partial charge in [0.2, 0.25) is 0 Å². The van der Waals surface area contributed by atoms with Crippen molar-refractivity contribution in [2.45, 2.75) is 0 Å². The first-order chi connectivity index (χ1) is 6.88. The Morgan fingerprint density at radius 3 is 2.47 bits per heavy atom. The summed E-state index contributed by atoms with van der Waals surface area (Å²) in [7, 11) is 0.999. The van der Waals surface area contributed by atoms with Crippen molar-refractivity contribution >= 4 is 30.0 Å². The van der Waals surface area contributed by atoms with Gasteiger partial charge in [-0.1, -0.05) is 29.2 Å². The molecule has 0 amide bonds. The zero-order chi connectivity index (χ0) is 11.6. The van der Waals surface area contributed by atoms with Gasteiger partial charge in [0.05, 0.1) is 17.7 Å². The fourth-order valence-electron chi connectivity index (χ4n) is 1.13. The van der Waals surface area contributed by atoms with Crippen LogP contribution in [0.2, 0.25) is 5.02 Å². The molecule has 1 rings (SSSR count). The summed E-state index contributed by atoms with van der Waals surface area (Å²) < 4.78 is 41.8. The summed E-state index contributed by atoms with van der Waals surface area (Å²) in [5, 5.41) is -0.265. The van der Waals surface area contributed by atoms with Crippen LogP contribution in [0.1, 0.15) is 10.4 Å². The fourth-order valence-corrected chi connectivity index (χ4v) is 1.39. The average molecular weight is 237 g/mol. The van der Waals surface area contributed by atoms with Crippen LogP contribution in [0.4, 0.5) is 12.9 Å². The molecule has 7 heteroatoms. The minimum Gasteiger partial charge on any atom is -0.465 e. The first kappa shape index (κ1) is 11.9. The van der Waals surface area contributed by atoms with Crippen LogP contribution in [0.5, 0.6) is 0 Å². The lowest BCUT2D eigenvalue weighted by Gasteiger charge is -2.18. The first-order valence-corrected chi connectivity index (χ1v) is 4.32. The SMILES string of the molecule is COC(=O)c1c(Cl)cccc1[B-](F)(F)F. The smallest absolute Gasteiger partial charge is 0.465 e. The van der Waals surface area contributed by atoms with Crippen molar-refractivity contribution in [1.82, 2.24) is 0 Å². The van der Waals surface area contributed by atoms with Crippen molar-refractivity contribution in [3.05, 3.63) is 28.8 Å². The molecule has 0 saturated carbocycles. The molecule has 0 bridgehead atoms. The second-order valence-corrected chi connectivity index (χ2v) is 3.18. The lowest BCUT2D eigenvalue weighted by molar-refractivity contribution is 0.0602. The van der Waals surface area contributed by atoms with Gasteiger partial charge >= 0.3 is 12.9 Å². The normalized spacial score (nSPS) is 11.3. The van der Waals surface area contributed by atoms with E-state index in [1.54, 1.807) is 0 Å². The van der Waals surface area contributed by atoms with E-state index < -0.39 is 24.0 Å². The molecule has 1 aromatic rings. The molecular weight excluding hydrogens is 231 g/mol. The molecule has 0 unspecified atom stereocenters. The number of benzene rings is 1. The molecule has 0 spiro atoms. The van der Waals surface area contributed by atoms with Crippen LogP contribution >= 0.6 is 11.6 Å². The van der Waals surface area contributed by atoms with Crippen LogP contribution in [-0.4, -0.2) is 20.1 Å². The fraction of sp³-hybridized carbons (Fsp3) is 0.125. The van der Waals surface area contributed by atoms with E-state index in [2.05, 4.69) is 4.74 Å². The summed E-state index contributed by atoms with van der Waals surface area (Å²) in [5.74, 6) is -1.09. The molecule has 2 nitrogen and oxygen atoms in total. The van der Waals surface area contributed by atoms with E-state index >= 15 is 0 Å². The van der Waals surface area contributed by atoms with Gasteiger partial charge in [0.15, 0.2) is 0 Å². The van der Waals surface area contributed by atoms with E-state index in [1.807, 2.05) is 0 Å². The van der Waals surface area contributed by atoms with Crippen molar-refractivity contribution in [2.24, 2.45) is 0 Å². The van der Waals surface area contributed by atoms with E-state index in [4.69, 9.17) is 11.6 Å². The minimum atomic E-state index is -5.28. The average Bonchev–Trinajstić information content (AvgIpc) is 2.15. The monoisotopic (exact) mass is 237 g/mol. The number of esters is 1. The standard InChI is InChI=1S/C8H6BClF3O2/c1-15-8(14)7-5(9(11,12)13)3-2-4-6(7)10/h2-4H,1H3/q-1. The highest BCUT2D eigenvalue weighted by atomic mass is 35.5. The van der Waals surface area contributed by atoms with Gasteiger partial charge in [-0.2, -0.15) is 0 Å². The summed E-state index contributed by atoms with van der Waals surface area (Å²) in [6, 6.07) is 3.15. The van der Waals surface area contributed by atoms with Crippen LogP contribution in [0.3, 0.4) is 0 Å². The maximum Gasteiger partial charge on any atom is 0.510 e. The van der Waals surface area contributed by atoms with E-state index in [9.17, 15) is 17.7 Å². The molecule has 0 aliphatic carbocycles. The summed E-state index contributed by atoms with van der Waals surface area (Å²) in [4.78, 5) is 11.1. The summed E-state index contributed by atoms with van der Waals surface area (Å²) in [5.41, 5.74) is -1.66. The van der Waals surface area contributed by atoms with Gasteiger partial charge in [0.1, 0.15) is 0 Å². The van der Waals surface area contributed by atoms with Gasteiger partial charge in [-0.05, 0) is 6.07 Å². The zero-order valence-corrected chi connectivity index (χ0v) is 8.39. The Bertz CT molecular complexity index is 392. The molecule has 0 aromatic heterocycles. The first-order valence-electron chi connectivity index (χ1n) is 3.94. The predicted octanol–water partition coefficient (Wildman–Crippen LogP) is 2.18. The van der Waals surface area contributed by atoms with Gasteiger partial charge in [-0.25, -0.2) is 4.79 Å². The number of hydrogen-bond acceptors (Lipinski definition) is 2. The maximum atomic E-state index is 12.5. The van der Waals surface area contributed by atoms with E-state index in [-0.39, 0.29) is 5.02 Å². The highest BCUT2D eigenvalue weighted by molar-refractivity contribution is 6.75. The van der Waals surface area contributed by atoms with Crippen LogP contribution < -0.4 is 5.46 Å². The maximum absolute atomic E-state index is 12.5. The van der Waals surface area contributed by atoms with Gasteiger partial charge in [0, 0.05) is 0 Å². The Morgan fingerprint density at radius 2 is 2.00 bits per heavy atom. The Labute approximate surface area is 89.0 Å². The summed E-state index contributed by atoms with van der Waals surface area (Å²) in [6.07, 6.45) is 0. The molecule has 0 fully saturated rings. The lowest BCUT2D eigenvalue weighted by atomic mass is 9.77. The van der Waals surface area contributed by atoms with Gasteiger partial charge in [-0.3, -0.25) is 0 Å². The van der Waals surface area contributed by atoms with Crippen molar-refractivity contribution in [3.8, 4) is 0 Å². The molecule has 0 radical (unpaired) electrons. The third-order valence-corrected chi connectivity index (χ3v) is 2.10. The predicted molar refractivity (Wildman–Crippen MR) is 51.5 cm³/mol. The van der Waals surface area contributed by atoms with Crippen LogP contribution in [0.25, 0.3) is 0 Å². The van der Waals surface area contributed by atoms with Gasteiger partial charge < -0.3 is 17.7 Å². The number of carbonyl (C=O) groups excluding carboxylic acids is 1. The Balaban J connectivity index is 3.40. The number of rotatable bonds is 2. The molecule has 0 aliphatic rings. The van der Waals surface area contributed by atoms with Crippen LogP contribution in [-0.2, 0) is 4.74 Å². The van der Waals surface area contributed by atoms with E-state index in [0.29, 0.717) is 0 Å². The topological polar surface area (TPSA) is 26.3 Å². The molecular formula is C8H6BClF3O2-. The molecule has 82 valence electrons. The lowest BCUT2D eigenvalue weighted by Crippen LogP contribution is -2.38. The highest BCUT2D eigenvalue weighted by Gasteiger charge is 2.31. The molecule has 0 heterocycles.